The largest absolute Gasteiger partial charge is 0.464 e. The zero-order chi connectivity index (χ0) is 20.3. The molecule has 30 heavy (non-hydrogen) atoms. The Hall–Kier alpha value is -4.19. The third-order valence-corrected chi connectivity index (χ3v) is 4.83. The van der Waals surface area contributed by atoms with E-state index in [1.54, 1.807) is 36.9 Å². The van der Waals surface area contributed by atoms with Crippen LogP contribution in [0, 0.1) is 0 Å². The molecule has 0 saturated heterocycles. The first-order valence-corrected chi connectivity index (χ1v) is 9.49. The number of hydrogen-bond acceptors (Lipinski definition) is 5. The van der Waals surface area contributed by atoms with E-state index in [0.29, 0.717) is 23.4 Å². The van der Waals surface area contributed by atoms with E-state index in [1.807, 2.05) is 48.5 Å². The number of pyridine rings is 1. The van der Waals surface area contributed by atoms with Gasteiger partial charge in [0.05, 0.1) is 11.6 Å². The van der Waals surface area contributed by atoms with Gasteiger partial charge in [0.25, 0.3) is 5.91 Å². The molecule has 6 heteroatoms. The predicted octanol–water partition coefficient (Wildman–Crippen LogP) is 5.08. The van der Waals surface area contributed by atoms with E-state index in [0.717, 1.165) is 27.8 Å². The number of benzene rings is 2. The highest BCUT2D eigenvalue weighted by Crippen LogP contribution is 2.29. The standard InChI is InChI=1S/C24H17N3O3/c28-24(26-14-16-11-19(15-25-13-16)22-7-4-10-29-22)18-8-9-21-20(12-18)23(30-27-21)17-5-2-1-3-6-17/h1-13,15H,14H2,(H,26,28). The molecular formula is C24H17N3O3. The quantitative estimate of drug-likeness (QED) is 0.449. The number of nitrogens with zero attached hydrogens (tertiary/aromatic N) is 2. The number of hydrogen-bond donors (Lipinski definition) is 1. The molecule has 0 aliphatic rings. The first kappa shape index (κ1) is 17.9. The van der Waals surface area contributed by atoms with Crippen LogP contribution in [0.4, 0.5) is 0 Å². The van der Waals surface area contributed by atoms with Crippen LogP contribution in [-0.4, -0.2) is 16.0 Å². The van der Waals surface area contributed by atoms with E-state index in [-0.39, 0.29) is 5.91 Å². The fourth-order valence-electron chi connectivity index (χ4n) is 3.33. The molecule has 0 radical (unpaired) electrons. The van der Waals surface area contributed by atoms with Gasteiger partial charge in [-0.05, 0) is 42.0 Å². The van der Waals surface area contributed by atoms with Gasteiger partial charge in [-0.1, -0.05) is 35.5 Å². The van der Waals surface area contributed by atoms with Gasteiger partial charge in [-0.3, -0.25) is 9.78 Å². The molecule has 0 aliphatic heterocycles. The van der Waals surface area contributed by atoms with Crippen molar-refractivity contribution in [2.45, 2.75) is 6.54 Å². The Morgan fingerprint density at radius 2 is 1.83 bits per heavy atom. The van der Waals surface area contributed by atoms with Crippen molar-refractivity contribution in [3.63, 3.8) is 0 Å². The Morgan fingerprint density at radius 1 is 0.933 bits per heavy atom. The normalized spacial score (nSPS) is 10.9. The van der Waals surface area contributed by atoms with Gasteiger partial charge in [-0.25, -0.2) is 0 Å². The summed E-state index contributed by atoms with van der Waals surface area (Å²) in [5.74, 6) is 1.21. The highest BCUT2D eigenvalue weighted by Gasteiger charge is 2.14. The number of carbonyl (C=O) groups is 1. The van der Waals surface area contributed by atoms with Crippen molar-refractivity contribution in [3.8, 4) is 22.6 Å². The average molecular weight is 395 g/mol. The minimum atomic E-state index is -0.180. The first-order chi connectivity index (χ1) is 14.8. The lowest BCUT2D eigenvalue weighted by Crippen LogP contribution is -2.22. The van der Waals surface area contributed by atoms with E-state index in [2.05, 4.69) is 15.5 Å². The summed E-state index contributed by atoms with van der Waals surface area (Å²) in [6, 6.07) is 20.7. The molecule has 5 rings (SSSR count). The SMILES string of the molecule is O=C(NCc1cncc(-c2ccco2)c1)c1ccc2noc(-c3ccccc3)c2c1. The van der Waals surface area contributed by atoms with Crippen molar-refractivity contribution in [2.75, 3.05) is 0 Å². The van der Waals surface area contributed by atoms with Crippen LogP contribution < -0.4 is 5.32 Å². The van der Waals surface area contributed by atoms with Crippen LogP contribution in [-0.2, 0) is 6.54 Å². The van der Waals surface area contributed by atoms with Gasteiger partial charge >= 0.3 is 0 Å². The molecule has 0 fully saturated rings. The number of fused-ring (bicyclic) bond motifs is 1. The van der Waals surface area contributed by atoms with E-state index in [4.69, 9.17) is 8.94 Å². The third-order valence-electron chi connectivity index (χ3n) is 4.83. The van der Waals surface area contributed by atoms with Gasteiger partial charge < -0.3 is 14.3 Å². The fraction of sp³-hybridized carbons (Fsp3) is 0.0417. The fourth-order valence-corrected chi connectivity index (χ4v) is 3.33. The molecule has 0 unspecified atom stereocenters. The molecule has 1 N–H and O–H groups in total. The average Bonchev–Trinajstić information content (AvgIpc) is 3.48. The zero-order valence-corrected chi connectivity index (χ0v) is 15.9. The maximum absolute atomic E-state index is 12.7. The Morgan fingerprint density at radius 3 is 2.67 bits per heavy atom. The highest BCUT2D eigenvalue weighted by atomic mass is 16.5. The lowest BCUT2D eigenvalue weighted by atomic mass is 10.1. The molecule has 3 aromatic heterocycles. The summed E-state index contributed by atoms with van der Waals surface area (Å²) in [6.45, 7) is 0.355. The van der Waals surface area contributed by atoms with Crippen molar-refractivity contribution >= 4 is 16.8 Å². The van der Waals surface area contributed by atoms with E-state index in [1.165, 1.54) is 0 Å². The van der Waals surface area contributed by atoms with Crippen LogP contribution in [0.15, 0.2) is 94.3 Å². The van der Waals surface area contributed by atoms with Gasteiger partial charge in [-0.2, -0.15) is 0 Å². The van der Waals surface area contributed by atoms with Crippen LogP contribution in [0.2, 0.25) is 0 Å². The van der Waals surface area contributed by atoms with Crippen LogP contribution in [0.25, 0.3) is 33.6 Å². The van der Waals surface area contributed by atoms with E-state index < -0.39 is 0 Å². The summed E-state index contributed by atoms with van der Waals surface area (Å²) in [5.41, 5.74) is 3.91. The summed E-state index contributed by atoms with van der Waals surface area (Å²) in [4.78, 5) is 17.0. The van der Waals surface area contributed by atoms with Crippen molar-refractivity contribution in [3.05, 3.63) is 96.5 Å². The predicted molar refractivity (Wildman–Crippen MR) is 113 cm³/mol. The molecule has 0 bridgehead atoms. The van der Waals surface area contributed by atoms with Gasteiger partial charge in [0.15, 0.2) is 5.76 Å². The van der Waals surface area contributed by atoms with Gasteiger partial charge in [-0.15, -0.1) is 0 Å². The maximum Gasteiger partial charge on any atom is 0.251 e. The molecule has 146 valence electrons. The Kier molecular flexibility index (Phi) is 4.57. The van der Waals surface area contributed by atoms with Gasteiger partial charge in [0.2, 0.25) is 0 Å². The number of rotatable bonds is 5. The number of carbonyl (C=O) groups excluding carboxylic acids is 1. The monoisotopic (exact) mass is 395 g/mol. The molecule has 0 saturated carbocycles. The molecule has 2 aromatic carbocycles. The summed E-state index contributed by atoms with van der Waals surface area (Å²) in [5, 5.41) is 7.84. The number of nitrogens with one attached hydrogen (secondary N) is 1. The van der Waals surface area contributed by atoms with Crippen molar-refractivity contribution in [1.82, 2.24) is 15.5 Å². The summed E-state index contributed by atoms with van der Waals surface area (Å²) < 4.78 is 10.9. The molecule has 0 spiro atoms. The van der Waals surface area contributed by atoms with Crippen LogP contribution in [0.3, 0.4) is 0 Å². The number of aromatic nitrogens is 2. The number of furan rings is 1. The van der Waals surface area contributed by atoms with Crippen molar-refractivity contribution in [1.29, 1.82) is 0 Å². The van der Waals surface area contributed by atoms with Crippen molar-refractivity contribution < 1.29 is 13.7 Å². The molecule has 0 atom stereocenters. The molecule has 5 aromatic rings. The second-order valence-electron chi connectivity index (χ2n) is 6.85. The summed E-state index contributed by atoms with van der Waals surface area (Å²) in [7, 11) is 0. The third kappa shape index (κ3) is 3.46. The second kappa shape index (κ2) is 7.67. The minimum absolute atomic E-state index is 0.180. The van der Waals surface area contributed by atoms with Crippen LogP contribution in [0.5, 0.6) is 0 Å². The molecule has 6 nitrogen and oxygen atoms in total. The molecular weight excluding hydrogens is 378 g/mol. The second-order valence-corrected chi connectivity index (χ2v) is 6.85. The maximum atomic E-state index is 12.7. The topological polar surface area (TPSA) is 81.2 Å². The number of amides is 1. The molecule has 0 aliphatic carbocycles. The smallest absolute Gasteiger partial charge is 0.251 e. The highest BCUT2D eigenvalue weighted by molar-refractivity contribution is 6.00. The molecule has 3 heterocycles. The lowest BCUT2D eigenvalue weighted by molar-refractivity contribution is 0.0951. The van der Waals surface area contributed by atoms with E-state index >= 15 is 0 Å². The first-order valence-electron chi connectivity index (χ1n) is 9.49. The summed E-state index contributed by atoms with van der Waals surface area (Å²) >= 11 is 0. The summed E-state index contributed by atoms with van der Waals surface area (Å²) in [6.07, 6.45) is 5.08. The van der Waals surface area contributed by atoms with Crippen LogP contribution in [0.1, 0.15) is 15.9 Å². The Balaban J connectivity index is 1.36. The van der Waals surface area contributed by atoms with Crippen LogP contribution >= 0.6 is 0 Å². The Labute approximate surface area is 172 Å². The van der Waals surface area contributed by atoms with E-state index in [9.17, 15) is 4.79 Å². The molecule has 1 amide bonds. The van der Waals surface area contributed by atoms with Crippen molar-refractivity contribution in [2.24, 2.45) is 0 Å². The van der Waals surface area contributed by atoms with Gasteiger partial charge in [0, 0.05) is 35.6 Å². The lowest BCUT2D eigenvalue weighted by Gasteiger charge is -2.07. The van der Waals surface area contributed by atoms with Gasteiger partial charge in [0.1, 0.15) is 11.3 Å². The zero-order valence-electron chi connectivity index (χ0n) is 15.9. The Bertz CT molecular complexity index is 1310. The minimum Gasteiger partial charge on any atom is -0.464 e.